The Hall–Kier alpha value is -2.45. The van der Waals surface area contributed by atoms with Gasteiger partial charge in [0.05, 0.1) is 24.2 Å². The second-order valence-corrected chi connectivity index (χ2v) is 9.96. The monoisotopic (exact) mass is 449 g/mol. The van der Waals surface area contributed by atoms with Crippen molar-refractivity contribution >= 4 is 38.9 Å². The molecule has 0 aliphatic carbocycles. The van der Waals surface area contributed by atoms with Crippen molar-refractivity contribution in [1.29, 1.82) is 0 Å². The maximum absolute atomic E-state index is 12.7. The zero-order valence-corrected chi connectivity index (χ0v) is 18.2. The molecule has 0 saturated carbocycles. The lowest BCUT2D eigenvalue weighted by Crippen LogP contribution is -2.37. The SMILES string of the molecule is COc1ccc(Cl)cc1N1CCC(NC(=O)c2ccc(N3CCCS3(=O)=O)cc2)C1. The van der Waals surface area contributed by atoms with E-state index in [1.54, 1.807) is 37.4 Å². The molecule has 4 rings (SSSR count). The number of halogens is 1. The van der Waals surface area contributed by atoms with Gasteiger partial charge in [0.15, 0.2) is 0 Å². The first-order chi connectivity index (χ1) is 14.4. The van der Waals surface area contributed by atoms with Crippen LogP contribution in [0, 0.1) is 0 Å². The number of anilines is 2. The highest BCUT2D eigenvalue weighted by molar-refractivity contribution is 7.93. The Morgan fingerprint density at radius 2 is 1.93 bits per heavy atom. The third-order valence-corrected chi connectivity index (χ3v) is 7.63. The Bertz CT molecular complexity index is 1040. The summed E-state index contributed by atoms with van der Waals surface area (Å²) >= 11 is 6.14. The molecule has 30 heavy (non-hydrogen) atoms. The summed E-state index contributed by atoms with van der Waals surface area (Å²) in [6.45, 7) is 1.93. The highest BCUT2D eigenvalue weighted by atomic mass is 35.5. The number of amides is 1. The van der Waals surface area contributed by atoms with E-state index in [4.69, 9.17) is 16.3 Å². The van der Waals surface area contributed by atoms with Crippen LogP contribution in [0.15, 0.2) is 42.5 Å². The van der Waals surface area contributed by atoms with Gasteiger partial charge >= 0.3 is 0 Å². The molecule has 0 aromatic heterocycles. The largest absolute Gasteiger partial charge is 0.495 e. The summed E-state index contributed by atoms with van der Waals surface area (Å²) in [6.07, 6.45) is 1.44. The Labute approximate surface area is 181 Å². The van der Waals surface area contributed by atoms with Crippen LogP contribution >= 0.6 is 11.6 Å². The van der Waals surface area contributed by atoms with Gasteiger partial charge in [-0.25, -0.2) is 8.42 Å². The Balaban J connectivity index is 1.40. The lowest BCUT2D eigenvalue weighted by Gasteiger charge is -2.22. The number of sulfonamides is 1. The fourth-order valence-corrected chi connectivity index (χ4v) is 5.72. The van der Waals surface area contributed by atoms with Crippen molar-refractivity contribution < 1.29 is 17.9 Å². The van der Waals surface area contributed by atoms with Gasteiger partial charge in [-0.1, -0.05) is 11.6 Å². The molecule has 2 aromatic carbocycles. The van der Waals surface area contributed by atoms with Gasteiger partial charge in [0.25, 0.3) is 5.91 Å². The molecule has 7 nitrogen and oxygen atoms in total. The number of nitrogens with one attached hydrogen (secondary N) is 1. The number of carbonyl (C=O) groups is 1. The molecule has 1 unspecified atom stereocenters. The Morgan fingerprint density at radius 3 is 2.60 bits per heavy atom. The summed E-state index contributed by atoms with van der Waals surface area (Å²) in [4.78, 5) is 14.8. The molecule has 0 spiro atoms. The number of ether oxygens (including phenoxy) is 1. The van der Waals surface area contributed by atoms with E-state index in [1.807, 2.05) is 12.1 Å². The van der Waals surface area contributed by atoms with Gasteiger partial charge in [0, 0.05) is 36.3 Å². The first-order valence-electron chi connectivity index (χ1n) is 9.87. The highest BCUT2D eigenvalue weighted by Gasteiger charge is 2.29. The molecular formula is C21H24ClN3O4S. The predicted molar refractivity (Wildman–Crippen MR) is 118 cm³/mol. The fourth-order valence-electron chi connectivity index (χ4n) is 3.98. The molecule has 2 fully saturated rings. The molecule has 2 heterocycles. The molecule has 0 radical (unpaired) electrons. The summed E-state index contributed by atoms with van der Waals surface area (Å²) in [5.74, 6) is 0.750. The van der Waals surface area contributed by atoms with Crippen molar-refractivity contribution in [3.05, 3.63) is 53.1 Å². The van der Waals surface area contributed by atoms with Crippen LogP contribution in [0.4, 0.5) is 11.4 Å². The van der Waals surface area contributed by atoms with Crippen LogP contribution in [0.2, 0.25) is 5.02 Å². The minimum Gasteiger partial charge on any atom is -0.495 e. The second-order valence-electron chi connectivity index (χ2n) is 7.51. The van der Waals surface area contributed by atoms with Crippen molar-refractivity contribution in [2.45, 2.75) is 18.9 Å². The average Bonchev–Trinajstić information content (AvgIpc) is 3.33. The van der Waals surface area contributed by atoms with Crippen LogP contribution < -0.4 is 19.3 Å². The minimum atomic E-state index is -3.23. The first-order valence-corrected chi connectivity index (χ1v) is 11.9. The van der Waals surface area contributed by atoms with Crippen molar-refractivity contribution in [3.8, 4) is 5.75 Å². The molecule has 2 saturated heterocycles. The van der Waals surface area contributed by atoms with Gasteiger partial charge in [-0.15, -0.1) is 0 Å². The lowest BCUT2D eigenvalue weighted by atomic mass is 10.1. The van der Waals surface area contributed by atoms with E-state index in [9.17, 15) is 13.2 Å². The average molecular weight is 450 g/mol. The van der Waals surface area contributed by atoms with E-state index in [2.05, 4.69) is 10.2 Å². The number of nitrogens with zero attached hydrogens (tertiary/aromatic N) is 2. The highest BCUT2D eigenvalue weighted by Crippen LogP contribution is 2.33. The standard InChI is InChI=1S/C21H24ClN3O4S/c1-29-20-8-5-16(22)13-19(20)24-11-9-17(14-24)23-21(26)15-3-6-18(7-4-15)25-10-2-12-30(25,27)28/h3-8,13,17H,2,9-12,14H2,1H3,(H,23,26). The van der Waals surface area contributed by atoms with Crippen LogP contribution in [0.5, 0.6) is 5.75 Å². The van der Waals surface area contributed by atoms with Crippen LogP contribution in [0.1, 0.15) is 23.2 Å². The van der Waals surface area contributed by atoms with Crippen molar-refractivity contribution in [1.82, 2.24) is 5.32 Å². The van der Waals surface area contributed by atoms with Crippen LogP contribution in [0.3, 0.4) is 0 Å². The van der Waals surface area contributed by atoms with Gasteiger partial charge in [-0.3, -0.25) is 9.10 Å². The molecule has 9 heteroatoms. The number of methoxy groups -OCH3 is 1. The smallest absolute Gasteiger partial charge is 0.251 e. The third kappa shape index (κ3) is 4.20. The number of rotatable bonds is 5. The number of hydrogen-bond acceptors (Lipinski definition) is 5. The summed E-state index contributed by atoms with van der Waals surface area (Å²) < 4.78 is 30.9. The lowest BCUT2D eigenvalue weighted by molar-refractivity contribution is 0.0940. The van der Waals surface area contributed by atoms with Gasteiger partial charge in [0.2, 0.25) is 10.0 Å². The first kappa shape index (κ1) is 20.8. The second kappa shape index (κ2) is 8.35. The summed E-state index contributed by atoms with van der Waals surface area (Å²) in [6, 6.07) is 12.2. The van der Waals surface area contributed by atoms with E-state index in [0.29, 0.717) is 35.8 Å². The molecule has 1 amide bonds. The molecule has 160 valence electrons. The number of carbonyl (C=O) groups excluding carboxylic acids is 1. The van der Waals surface area contributed by atoms with Crippen molar-refractivity contribution in [2.75, 3.05) is 41.7 Å². The van der Waals surface area contributed by atoms with Gasteiger partial charge in [-0.2, -0.15) is 0 Å². The molecule has 2 aromatic rings. The minimum absolute atomic E-state index is 0.000163. The van der Waals surface area contributed by atoms with Crippen molar-refractivity contribution in [3.63, 3.8) is 0 Å². The number of benzene rings is 2. The molecule has 1 atom stereocenters. The van der Waals surface area contributed by atoms with Crippen LogP contribution in [0.25, 0.3) is 0 Å². The summed E-state index contributed by atoms with van der Waals surface area (Å²) in [7, 11) is -1.60. The molecule has 1 N–H and O–H groups in total. The zero-order valence-electron chi connectivity index (χ0n) is 16.7. The molecule has 2 aliphatic heterocycles. The number of hydrogen-bond donors (Lipinski definition) is 1. The Morgan fingerprint density at radius 1 is 1.17 bits per heavy atom. The van der Waals surface area contributed by atoms with Gasteiger partial charge < -0.3 is 15.0 Å². The van der Waals surface area contributed by atoms with Gasteiger partial charge in [-0.05, 0) is 55.3 Å². The zero-order chi connectivity index (χ0) is 21.3. The van der Waals surface area contributed by atoms with E-state index >= 15 is 0 Å². The van der Waals surface area contributed by atoms with Crippen LogP contribution in [-0.4, -0.2) is 52.9 Å². The van der Waals surface area contributed by atoms with Crippen LogP contribution in [-0.2, 0) is 10.0 Å². The van der Waals surface area contributed by atoms with Crippen molar-refractivity contribution in [2.24, 2.45) is 0 Å². The van der Waals surface area contributed by atoms with E-state index < -0.39 is 10.0 Å². The fraction of sp³-hybridized carbons (Fsp3) is 0.381. The molecular weight excluding hydrogens is 426 g/mol. The third-order valence-electron chi connectivity index (χ3n) is 5.52. The maximum Gasteiger partial charge on any atom is 0.251 e. The normalized spacial score (nSPS) is 20.4. The summed E-state index contributed by atoms with van der Waals surface area (Å²) in [5.41, 5.74) is 2.02. The maximum atomic E-state index is 12.7. The topological polar surface area (TPSA) is 79.0 Å². The Kier molecular flexibility index (Phi) is 5.79. The predicted octanol–water partition coefficient (Wildman–Crippen LogP) is 2.90. The van der Waals surface area contributed by atoms with Gasteiger partial charge in [0.1, 0.15) is 5.75 Å². The summed E-state index contributed by atoms with van der Waals surface area (Å²) in [5, 5.41) is 3.70. The van der Waals surface area contributed by atoms with E-state index in [1.165, 1.54) is 4.31 Å². The van der Waals surface area contributed by atoms with E-state index in [0.717, 1.165) is 24.4 Å². The molecule has 0 bridgehead atoms. The van der Waals surface area contributed by atoms with E-state index in [-0.39, 0.29) is 17.7 Å². The quantitative estimate of drug-likeness (QED) is 0.759. The molecule has 2 aliphatic rings.